The lowest BCUT2D eigenvalue weighted by Gasteiger charge is -1.97. The summed E-state index contributed by atoms with van der Waals surface area (Å²) in [6.07, 6.45) is 1.86. The Balaban J connectivity index is 2.27. The molecule has 4 heteroatoms. The molecule has 84 valence electrons. The van der Waals surface area contributed by atoms with Crippen molar-refractivity contribution in [3.63, 3.8) is 0 Å². The lowest BCUT2D eigenvalue weighted by atomic mass is 10.1. The van der Waals surface area contributed by atoms with Crippen LogP contribution in [0.4, 0.5) is 0 Å². The van der Waals surface area contributed by atoms with Crippen LogP contribution in [0, 0.1) is 0 Å². The van der Waals surface area contributed by atoms with Crippen LogP contribution in [0.2, 0.25) is 0 Å². The highest BCUT2D eigenvalue weighted by molar-refractivity contribution is 5.53. The molecule has 2 aromatic rings. The van der Waals surface area contributed by atoms with Crippen molar-refractivity contribution >= 4 is 0 Å². The quantitative estimate of drug-likeness (QED) is 0.852. The Bertz CT molecular complexity index is 465. The van der Waals surface area contributed by atoms with Gasteiger partial charge in [-0.05, 0) is 24.1 Å². The predicted molar refractivity (Wildman–Crippen MR) is 61.6 cm³/mol. The Hall–Kier alpha value is -1.68. The number of hydrogen-bond acceptors (Lipinski definition) is 4. The van der Waals surface area contributed by atoms with Gasteiger partial charge in [0.15, 0.2) is 5.82 Å². The lowest BCUT2D eigenvalue weighted by molar-refractivity contribution is 0.422. The Morgan fingerprint density at radius 2 is 2.25 bits per heavy atom. The molecule has 0 unspecified atom stereocenters. The van der Waals surface area contributed by atoms with Gasteiger partial charge in [0.25, 0.3) is 5.89 Å². The van der Waals surface area contributed by atoms with Crippen LogP contribution < -0.4 is 5.73 Å². The van der Waals surface area contributed by atoms with E-state index >= 15 is 0 Å². The minimum Gasteiger partial charge on any atom is -0.334 e. The van der Waals surface area contributed by atoms with E-state index < -0.39 is 0 Å². The summed E-state index contributed by atoms with van der Waals surface area (Å²) in [6, 6.07) is 7.85. The molecule has 4 nitrogen and oxygen atoms in total. The largest absolute Gasteiger partial charge is 0.334 e. The van der Waals surface area contributed by atoms with Crippen LogP contribution >= 0.6 is 0 Å². The number of nitrogens with two attached hydrogens (primary N) is 1. The van der Waals surface area contributed by atoms with E-state index in [1.165, 1.54) is 0 Å². The summed E-state index contributed by atoms with van der Waals surface area (Å²) in [7, 11) is 0. The molecule has 2 rings (SSSR count). The van der Waals surface area contributed by atoms with Crippen molar-refractivity contribution in [2.45, 2.75) is 26.3 Å². The zero-order chi connectivity index (χ0) is 11.4. The monoisotopic (exact) mass is 217 g/mol. The van der Waals surface area contributed by atoms with Crippen molar-refractivity contribution < 1.29 is 4.52 Å². The normalized spacial score (nSPS) is 10.6. The number of benzene rings is 1. The van der Waals surface area contributed by atoms with Crippen molar-refractivity contribution in [2.24, 2.45) is 5.73 Å². The summed E-state index contributed by atoms with van der Waals surface area (Å²) in [5, 5.41) is 3.92. The van der Waals surface area contributed by atoms with Gasteiger partial charge < -0.3 is 10.3 Å². The Morgan fingerprint density at radius 1 is 1.38 bits per heavy atom. The molecule has 1 aromatic carbocycles. The van der Waals surface area contributed by atoms with Gasteiger partial charge in [-0.1, -0.05) is 24.2 Å². The third-order valence-corrected chi connectivity index (χ3v) is 2.35. The molecule has 0 atom stereocenters. The zero-order valence-electron chi connectivity index (χ0n) is 9.31. The van der Waals surface area contributed by atoms with Gasteiger partial charge in [-0.2, -0.15) is 4.98 Å². The number of aryl methyl sites for hydroxylation is 1. The molecule has 0 saturated heterocycles. The third kappa shape index (κ3) is 2.28. The van der Waals surface area contributed by atoms with Crippen molar-refractivity contribution in [2.75, 3.05) is 0 Å². The van der Waals surface area contributed by atoms with Gasteiger partial charge in [-0.3, -0.25) is 0 Å². The van der Waals surface area contributed by atoms with E-state index in [0.717, 1.165) is 29.8 Å². The Morgan fingerprint density at radius 3 is 3.00 bits per heavy atom. The maximum Gasteiger partial charge on any atom is 0.257 e. The first kappa shape index (κ1) is 10.8. The van der Waals surface area contributed by atoms with Crippen molar-refractivity contribution in [1.29, 1.82) is 0 Å². The first-order valence-corrected chi connectivity index (χ1v) is 5.45. The molecule has 16 heavy (non-hydrogen) atoms. The average molecular weight is 217 g/mol. The van der Waals surface area contributed by atoms with Gasteiger partial charge in [0.2, 0.25) is 0 Å². The highest BCUT2D eigenvalue weighted by Crippen LogP contribution is 2.18. The van der Waals surface area contributed by atoms with E-state index in [0.29, 0.717) is 12.4 Å². The molecule has 1 aromatic heterocycles. The summed E-state index contributed by atoms with van der Waals surface area (Å²) in [6.45, 7) is 2.61. The third-order valence-electron chi connectivity index (χ3n) is 2.35. The highest BCUT2D eigenvalue weighted by Gasteiger charge is 2.08. The summed E-state index contributed by atoms with van der Waals surface area (Å²) >= 11 is 0. The molecule has 0 bridgehead atoms. The first-order chi connectivity index (χ1) is 7.83. The number of nitrogens with zero attached hydrogens (tertiary/aromatic N) is 2. The van der Waals surface area contributed by atoms with Crippen LogP contribution in [-0.4, -0.2) is 10.1 Å². The van der Waals surface area contributed by atoms with Gasteiger partial charge in [-0.25, -0.2) is 0 Å². The van der Waals surface area contributed by atoms with Crippen molar-refractivity contribution in [3.05, 3.63) is 35.7 Å². The smallest absolute Gasteiger partial charge is 0.257 e. The number of hydrogen-bond donors (Lipinski definition) is 1. The summed E-state index contributed by atoms with van der Waals surface area (Å²) in [4.78, 5) is 4.33. The highest BCUT2D eigenvalue weighted by atomic mass is 16.5. The van der Waals surface area contributed by atoms with Crippen LogP contribution in [0.3, 0.4) is 0 Å². The Kier molecular flexibility index (Phi) is 3.31. The van der Waals surface area contributed by atoms with Crippen LogP contribution in [0.1, 0.15) is 24.7 Å². The molecule has 1 heterocycles. The topological polar surface area (TPSA) is 64.9 Å². The molecule has 0 fully saturated rings. The molecule has 0 spiro atoms. The fourth-order valence-corrected chi connectivity index (χ4v) is 1.53. The van der Waals surface area contributed by atoms with E-state index in [2.05, 4.69) is 17.1 Å². The van der Waals surface area contributed by atoms with Gasteiger partial charge in [0, 0.05) is 18.5 Å². The van der Waals surface area contributed by atoms with E-state index in [-0.39, 0.29) is 0 Å². The number of aromatic nitrogens is 2. The van der Waals surface area contributed by atoms with Crippen LogP contribution in [0.5, 0.6) is 0 Å². The molecule has 0 aliphatic heterocycles. The molecule has 0 amide bonds. The second-order valence-electron chi connectivity index (χ2n) is 3.67. The fourth-order valence-electron chi connectivity index (χ4n) is 1.53. The minimum absolute atomic E-state index is 0.518. The van der Waals surface area contributed by atoms with Gasteiger partial charge in [0.1, 0.15) is 0 Å². The SMILES string of the molecule is CCCc1noc(-c2cccc(CN)c2)n1. The van der Waals surface area contributed by atoms with Gasteiger partial charge in [0.05, 0.1) is 0 Å². The lowest BCUT2D eigenvalue weighted by Crippen LogP contribution is -1.95. The molecule has 0 saturated carbocycles. The average Bonchev–Trinajstić information content (AvgIpc) is 2.78. The second kappa shape index (κ2) is 4.90. The van der Waals surface area contributed by atoms with Crippen molar-refractivity contribution in [3.8, 4) is 11.5 Å². The fraction of sp³-hybridized carbons (Fsp3) is 0.333. The summed E-state index contributed by atoms with van der Waals surface area (Å²) < 4.78 is 5.20. The van der Waals surface area contributed by atoms with Crippen LogP contribution in [0.25, 0.3) is 11.5 Å². The van der Waals surface area contributed by atoms with E-state index in [1.807, 2.05) is 24.3 Å². The minimum atomic E-state index is 0.518. The molecule has 0 aliphatic carbocycles. The first-order valence-electron chi connectivity index (χ1n) is 5.45. The maximum atomic E-state index is 5.58. The van der Waals surface area contributed by atoms with E-state index in [1.54, 1.807) is 0 Å². The molecule has 2 N–H and O–H groups in total. The van der Waals surface area contributed by atoms with Crippen LogP contribution in [0.15, 0.2) is 28.8 Å². The second-order valence-corrected chi connectivity index (χ2v) is 3.67. The molecular weight excluding hydrogens is 202 g/mol. The predicted octanol–water partition coefficient (Wildman–Crippen LogP) is 2.15. The number of rotatable bonds is 4. The van der Waals surface area contributed by atoms with Gasteiger partial charge in [-0.15, -0.1) is 0 Å². The summed E-state index contributed by atoms with van der Waals surface area (Å²) in [5.41, 5.74) is 7.57. The van der Waals surface area contributed by atoms with E-state index in [9.17, 15) is 0 Å². The van der Waals surface area contributed by atoms with Crippen LogP contribution in [-0.2, 0) is 13.0 Å². The maximum absolute atomic E-state index is 5.58. The summed E-state index contributed by atoms with van der Waals surface area (Å²) in [5.74, 6) is 1.33. The Labute approximate surface area is 94.5 Å². The van der Waals surface area contributed by atoms with Crippen molar-refractivity contribution in [1.82, 2.24) is 10.1 Å². The van der Waals surface area contributed by atoms with E-state index in [4.69, 9.17) is 10.3 Å². The molecule has 0 radical (unpaired) electrons. The van der Waals surface area contributed by atoms with Gasteiger partial charge >= 0.3 is 0 Å². The standard InChI is InChI=1S/C12H15N3O/c1-2-4-11-14-12(16-15-11)10-6-3-5-9(7-10)8-13/h3,5-7H,2,4,8,13H2,1H3. The molecular formula is C12H15N3O. The molecule has 0 aliphatic rings. The zero-order valence-corrected chi connectivity index (χ0v) is 9.31.